The molecule has 4 rings (SSSR count). The molecule has 0 amide bonds. The van der Waals surface area contributed by atoms with E-state index in [1.165, 1.54) is 11.1 Å². The SMILES string of the molecule is BrC1(c2ccccc2)C=C(c2ccc(-c3ccccc3)cc2)N=CN1. The molecular weight excluding hydrogens is 372 g/mol. The van der Waals surface area contributed by atoms with Crippen molar-refractivity contribution in [3.8, 4) is 11.1 Å². The Balaban J connectivity index is 1.66. The van der Waals surface area contributed by atoms with Gasteiger partial charge in [0.25, 0.3) is 0 Å². The molecule has 1 aliphatic heterocycles. The summed E-state index contributed by atoms with van der Waals surface area (Å²) in [6.07, 6.45) is 3.86. The number of alkyl halides is 1. The van der Waals surface area contributed by atoms with Crippen LogP contribution < -0.4 is 5.32 Å². The van der Waals surface area contributed by atoms with Crippen molar-refractivity contribution >= 4 is 28.0 Å². The van der Waals surface area contributed by atoms with Gasteiger partial charge in [0.1, 0.15) is 4.45 Å². The third-order valence-corrected chi connectivity index (χ3v) is 5.21. The minimum Gasteiger partial charge on any atom is -0.354 e. The van der Waals surface area contributed by atoms with Crippen LogP contribution in [0.15, 0.2) is 96.0 Å². The van der Waals surface area contributed by atoms with Gasteiger partial charge in [0.15, 0.2) is 0 Å². The maximum absolute atomic E-state index is 4.52. The Bertz CT molecular complexity index is 915. The predicted octanol–water partition coefficient (Wildman–Crippen LogP) is 5.57. The van der Waals surface area contributed by atoms with E-state index in [4.69, 9.17) is 0 Å². The Morgan fingerprint density at radius 2 is 1.24 bits per heavy atom. The molecular formula is C22H17BrN2. The highest BCUT2D eigenvalue weighted by molar-refractivity contribution is 9.09. The van der Waals surface area contributed by atoms with Gasteiger partial charge in [-0.15, -0.1) is 0 Å². The van der Waals surface area contributed by atoms with Crippen molar-refractivity contribution in [2.75, 3.05) is 0 Å². The van der Waals surface area contributed by atoms with E-state index in [0.717, 1.165) is 16.8 Å². The Kier molecular flexibility index (Phi) is 4.24. The van der Waals surface area contributed by atoms with E-state index >= 15 is 0 Å². The summed E-state index contributed by atoms with van der Waals surface area (Å²) in [5.41, 5.74) is 5.60. The summed E-state index contributed by atoms with van der Waals surface area (Å²) in [5.74, 6) is 0. The maximum atomic E-state index is 4.52. The maximum Gasteiger partial charge on any atom is 0.140 e. The van der Waals surface area contributed by atoms with Gasteiger partial charge in [0, 0.05) is 5.56 Å². The molecule has 0 radical (unpaired) electrons. The third-order valence-electron chi connectivity index (χ3n) is 4.30. The molecule has 2 nitrogen and oxygen atoms in total. The van der Waals surface area contributed by atoms with E-state index < -0.39 is 4.45 Å². The average Bonchev–Trinajstić information content (AvgIpc) is 2.70. The highest BCUT2D eigenvalue weighted by Gasteiger charge is 2.28. The minimum absolute atomic E-state index is 0.441. The van der Waals surface area contributed by atoms with E-state index in [1.807, 2.05) is 24.3 Å². The van der Waals surface area contributed by atoms with Crippen LogP contribution in [-0.4, -0.2) is 6.34 Å². The van der Waals surface area contributed by atoms with Crippen LogP contribution in [0.4, 0.5) is 0 Å². The normalized spacial score (nSPS) is 19.2. The van der Waals surface area contributed by atoms with Crippen LogP contribution in [0, 0.1) is 0 Å². The van der Waals surface area contributed by atoms with Crippen molar-refractivity contribution in [2.45, 2.75) is 4.45 Å². The lowest BCUT2D eigenvalue weighted by Crippen LogP contribution is -2.35. The highest BCUT2D eigenvalue weighted by atomic mass is 79.9. The minimum atomic E-state index is -0.441. The predicted molar refractivity (Wildman–Crippen MR) is 109 cm³/mol. The van der Waals surface area contributed by atoms with Crippen LogP contribution in [-0.2, 0) is 4.45 Å². The Labute approximate surface area is 156 Å². The molecule has 122 valence electrons. The second-order valence-electron chi connectivity index (χ2n) is 5.95. The Morgan fingerprint density at radius 1 is 0.680 bits per heavy atom. The number of hydrogen-bond donors (Lipinski definition) is 1. The van der Waals surface area contributed by atoms with Crippen molar-refractivity contribution in [2.24, 2.45) is 4.99 Å². The molecule has 0 saturated heterocycles. The lowest BCUT2D eigenvalue weighted by Gasteiger charge is -2.28. The summed E-state index contributed by atoms with van der Waals surface area (Å²) in [4.78, 5) is 4.52. The van der Waals surface area contributed by atoms with Crippen LogP contribution >= 0.6 is 15.9 Å². The third kappa shape index (κ3) is 3.28. The summed E-state index contributed by atoms with van der Waals surface area (Å²) in [5, 5.41) is 3.30. The van der Waals surface area contributed by atoms with E-state index in [1.54, 1.807) is 6.34 Å². The van der Waals surface area contributed by atoms with Crippen LogP contribution in [0.25, 0.3) is 16.8 Å². The van der Waals surface area contributed by atoms with Crippen molar-refractivity contribution in [3.63, 3.8) is 0 Å². The zero-order chi connectivity index (χ0) is 17.1. The molecule has 1 atom stereocenters. The summed E-state index contributed by atoms with van der Waals surface area (Å²) in [6, 6.07) is 29.2. The Hall–Kier alpha value is -2.65. The second kappa shape index (κ2) is 6.69. The van der Waals surface area contributed by atoms with Crippen molar-refractivity contribution in [3.05, 3.63) is 102 Å². The van der Waals surface area contributed by atoms with Gasteiger partial charge in [-0.3, -0.25) is 0 Å². The van der Waals surface area contributed by atoms with Crippen molar-refractivity contribution in [1.29, 1.82) is 0 Å². The summed E-state index contributed by atoms with van der Waals surface area (Å²) in [7, 11) is 0. The number of hydrogen-bond acceptors (Lipinski definition) is 2. The standard InChI is InChI=1S/C22H17BrN2/c23-22(20-9-5-2-6-10-20)15-21(24-16-25-22)19-13-11-18(12-14-19)17-7-3-1-4-8-17/h1-16H,(H,24,25). The lowest BCUT2D eigenvalue weighted by atomic mass is 10.00. The monoisotopic (exact) mass is 388 g/mol. The van der Waals surface area contributed by atoms with Crippen molar-refractivity contribution < 1.29 is 0 Å². The van der Waals surface area contributed by atoms with Crippen LogP contribution in [0.3, 0.4) is 0 Å². The number of nitrogens with zero attached hydrogens (tertiary/aromatic N) is 1. The number of halogens is 1. The second-order valence-corrected chi connectivity index (χ2v) is 7.20. The van der Waals surface area contributed by atoms with Crippen LogP contribution in [0.5, 0.6) is 0 Å². The molecule has 0 aliphatic carbocycles. The van der Waals surface area contributed by atoms with Crippen molar-refractivity contribution in [1.82, 2.24) is 5.32 Å². The van der Waals surface area contributed by atoms with Gasteiger partial charge in [-0.2, -0.15) is 0 Å². The molecule has 25 heavy (non-hydrogen) atoms. The first kappa shape index (κ1) is 15.9. The fraction of sp³-hybridized carbons (Fsp3) is 0.0455. The number of rotatable bonds is 3. The first-order valence-electron chi connectivity index (χ1n) is 8.18. The molecule has 3 aromatic carbocycles. The molecule has 0 fully saturated rings. The van der Waals surface area contributed by atoms with Gasteiger partial charge >= 0.3 is 0 Å². The molecule has 3 aromatic rings. The van der Waals surface area contributed by atoms with Gasteiger partial charge in [-0.1, -0.05) is 101 Å². The van der Waals surface area contributed by atoms with E-state index in [9.17, 15) is 0 Å². The molecule has 1 aliphatic rings. The number of nitrogens with one attached hydrogen (secondary N) is 1. The zero-order valence-corrected chi connectivity index (χ0v) is 15.1. The molecule has 0 spiro atoms. The molecule has 1 N–H and O–H groups in total. The van der Waals surface area contributed by atoms with Gasteiger partial charge in [0.05, 0.1) is 12.0 Å². The fourth-order valence-electron chi connectivity index (χ4n) is 2.93. The quantitative estimate of drug-likeness (QED) is 0.459. The number of aliphatic imine (C=N–C) groups is 1. The summed E-state index contributed by atoms with van der Waals surface area (Å²) >= 11 is 3.81. The number of benzene rings is 3. The molecule has 1 heterocycles. The molecule has 1 unspecified atom stereocenters. The molecule has 0 bridgehead atoms. The van der Waals surface area contributed by atoms with Gasteiger partial charge in [0.2, 0.25) is 0 Å². The first-order valence-corrected chi connectivity index (χ1v) is 8.97. The fourth-order valence-corrected chi connectivity index (χ4v) is 3.52. The van der Waals surface area contributed by atoms with Gasteiger partial charge < -0.3 is 5.32 Å². The smallest absolute Gasteiger partial charge is 0.140 e. The van der Waals surface area contributed by atoms with Gasteiger partial charge in [-0.05, 0) is 22.8 Å². The summed E-state index contributed by atoms with van der Waals surface area (Å²) in [6.45, 7) is 0. The van der Waals surface area contributed by atoms with E-state index in [0.29, 0.717) is 0 Å². The lowest BCUT2D eigenvalue weighted by molar-refractivity contribution is 0.740. The van der Waals surface area contributed by atoms with Crippen LogP contribution in [0.2, 0.25) is 0 Å². The average molecular weight is 389 g/mol. The first-order chi connectivity index (χ1) is 12.2. The molecule has 0 saturated carbocycles. The van der Waals surface area contributed by atoms with E-state index in [2.05, 4.69) is 93.0 Å². The molecule has 3 heteroatoms. The highest BCUT2D eigenvalue weighted by Crippen LogP contribution is 2.35. The van der Waals surface area contributed by atoms with Gasteiger partial charge in [-0.25, -0.2) is 4.99 Å². The zero-order valence-electron chi connectivity index (χ0n) is 13.6. The topological polar surface area (TPSA) is 24.4 Å². The molecule has 0 aromatic heterocycles. The largest absolute Gasteiger partial charge is 0.354 e. The van der Waals surface area contributed by atoms with Crippen LogP contribution in [0.1, 0.15) is 11.1 Å². The van der Waals surface area contributed by atoms with E-state index in [-0.39, 0.29) is 0 Å². The Morgan fingerprint density at radius 3 is 1.92 bits per heavy atom. The summed E-state index contributed by atoms with van der Waals surface area (Å²) < 4.78 is -0.441.